The van der Waals surface area contributed by atoms with Crippen molar-refractivity contribution in [2.45, 2.75) is 6.54 Å². The SMILES string of the molecule is O/N=C/c1cnn(Cc2ccccc2)c1. The van der Waals surface area contributed by atoms with Crippen molar-refractivity contribution < 1.29 is 5.21 Å². The molecule has 0 saturated carbocycles. The van der Waals surface area contributed by atoms with Gasteiger partial charge in [-0.05, 0) is 5.56 Å². The van der Waals surface area contributed by atoms with Crippen LogP contribution in [0.1, 0.15) is 11.1 Å². The van der Waals surface area contributed by atoms with Crippen LogP contribution in [0, 0.1) is 0 Å². The van der Waals surface area contributed by atoms with E-state index in [0.29, 0.717) is 0 Å². The second-order valence-corrected chi connectivity index (χ2v) is 3.20. The molecule has 0 spiro atoms. The van der Waals surface area contributed by atoms with E-state index in [4.69, 9.17) is 5.21 Å². The van der Waals surface area contributed by atoms with E-state index >= 15 is 0 Å². The van der Waals surface area contributed by atoms with Crippen molar-refractivity contribution in [3.63, 3.8) is 0 Å². The molecule has 4 heteroatoms. The standard InChI is InChI=1S/C11H11N3O/c15-13-7-11-6-12-14(9-11)8-10-4-2-1-3-5-10/h1-7,9,15H,8H2/b13-7+. The van der Waals surface area contributed by atoms with Gasteiger partial charge in [0.05, 0.1) is 19.0 Å². The topological polar surface area (TPSA) is 50.4 Å². The van der Waals surface area contributed by atoms with Crippen LogP contribution >= 0.6 is 0 Å². The lowest BCUT2D eigenvalue weighted by molar-refractivity contribution is 0.322. The van der Waals surface area contributed by atoms with Crippen molar-refractivity contribution in [2.75, 3.05) is 0 Å². The average Bonchev–Trinajstić information content (AvgIpc) is 2.68. The molecule has 4 nitrogen and oxygen atoms in total. The lowest BCUT2D eigenvalue weighted by Crippen LogP contribution is -1.99. The largest absolute Gasteiger partial charge is 0.411 e. The summed E-state index contributed by atoms with van der Waals surface area (Å²) >= 11 is 0. The molecule has 0 unspecified atom stereocenters. The molecule has 0 aliphatic rings. The summed E-state index contributed by atoms with van der Waals surface area (Å²) < 4.78 is 1.80. The molecular formula is C11H11N3O. The lowest BCUT2D eigenvalue weighted by atomic mass is 10.2. The Bertz CT molecular complexity index is 448. The van der Waals surface area contributed by atoms with Crippen molar-refractivity contribution >= 4 is 6.21 Å². The molecule has 0 radical (unpaired) electrons. The van der Waals surface area contributed by atoms with Gasteiger partial charge in [0.2, 0.25) is 0 Å². The average molecular weight is 201 g/mol. The van der Waals surface area contributed by atoms with Gasteiger partial charge in [-0.25, -0.2) is 0 Å². The maximum Gasteiger partial charge on any atom is 0.0765 e. The molecule has 0 fully saturated rings. The Labute approximate surface area is 87.5 Å². The fraction of sp³-hybridized carbons (Fsp3) is 0.0909. The maximum absolute atomic E-state index is 8.35. The number of benzene rings is 1. The van der Waals surface area contributed by atoms with E-state index in [-0.39, 0.29) is 0 Å². The molecule has 1 aromatic heterocycles. The summed E-state index contributed by atoms with van der Waals surface area (Å²) in [4.78, 5) is 0. The fourth-order valence-corrected chi connectivity index (χ4v) is 1.37. The quantitative estimate of drug-likeness (QED) is 0.467. The van der Waals surface area contributed by atoms with Gasteiger partial charge in [0.15, 0.2) is 0 Å². The monoisotopic (exact) mass is 201 g/mol. The molecule has 0 saturated heterocycles. The van der Waals surface area contributed by atoms with E-state index in [0.717, 1.165) is 12.1 Å². The van der Waals surface area contributed by atoms with E-state index in [2.05, 4.69) is 10.3 Å². The van der Waals surface area contributed by atoms with Gasteiger partial charge in [-0.2, -0.15) is 5.10 Å². The molecule has 1 N–H and O–H groups in total. The summed E-state index contributed by atoms with van der Waals surface area (Å²) in [5.41, 5.74) is 1.97. The molecular weight excluding hydrogens is 190 g/mol. The lowest BCUT2D eigenvalue weighted by Gasteiger charge is -2.00. The Morgan fingerprint density at radius 3 is 2.87 bits per heavy atom. The van der Waals surface area contributed by atoms with Crippen LogP contribution in [0.25, 0.3) is 0 Å². The van der Waals surface area contributed by atoms with Crippen LogP contribution in [0.2, 0.25) is 0 Å². The van der Waals surface area contributed by atoms with Crippen molar-refractivity contribution in [1.29, 1.82) is 0 Å². The molecule has 0 bridgehead atoms. The molecule has 76 valence electrons. The second kappa shape index (κ2) is 4.41. The molecule has 15 heavy (non-hydrogen) atoms. The van der Waals surface area contributed by atoms with Crippen molar-refractivity contribution in [1.82, 2.24) is 9.78 Å². The number of hydrogen-bond donors (Lipinski definition) is 1. The number of aromatic nitrogens is 2. The van der Waals surface area contributed by atoms with Crippen molar-refractivity contribution in [3.8, 4) is 0 Å². The minimum absolute atomic E-state index is 0.722. The number of oxime groups is 1. The fourth-order valence-electron chi connectivity index (χ4n) is 1.37. The van der Waals surface area contributed by atoms with Gasteiger partial charge >= 0.3 is 0 Å². The number of nitrogens with zero attached hydrogens (tertiary/aromatic N) is 3. The van der Waals surface area contributed by atoms with Gasteiger partial charge in [0.25, 0.3) is 0 Å². The van der Waals surface area contributed by atoms with Crippen LogP contribution in [0.3, 0.4) is 0 Å². The molecule has 2 rings (SSSR count). The van der Waals surface area contributed by atoms with E-state index in [1.165, 1.54) is 11.8 Å². The third-order valence-electron chi connectivity index (χ3n) is 2.05. The highest BCUT2D eigenvalue weighted by molar-refractivity contribution is 5.77. The highest BCUT2D eigenvalue weighted by Gasteiger charge is 1.97. The van der Waals surface area contributed by atoms with Crippen molar-refractivity contribution in [2.24, 2.45) is 5.16 Å². The molecule has 1 aromatic carbocycles. The van der Waals surface area contributed by atoms with Crippen LogP contribution in [0.15, 0.2) is 47.9 Å². The maximum atomic E-state index is 8.35. The Balaban J connectivity index is 2.11. The third-order valence-corrected chi connectivity index (χ3v) is 2.05. The molecule has 0 aliphatic carbocycles. The predicted octanol–water partition coefficient (Wildman–Crippen LogP) is 1.74. The first-order valence-corrected chi connectivity index (χ1v) is 4.62. The first kappa shape index (κ1) is 9.45. The summed E-state index contributed by atoms with van der Waals surface area (Å²) in [6.45, 7) is 0.722. The highest BCUT2D eigenvalue weighted by Crippen LogP contribution is 2.02. The van der Waals surface area contributed by atoms with Gasteiger partial charge in [-0.3, -0.25) is 4.68 Å². The van der Waals surface area contributed by atoms with Gasteiger partial charge in [-0.1, -0.05) is 35.5 Å². The zero-order valence-corrected chi connectivity index (χ0v) is 8.11. The summed E-state index contributed by atoms with van der Waals surface area (Å²) in [6.07, 6.45) is 4.84. The molecule has 1 heterocycles. The highest BCUT2D eigenvalue weighted by atomic mass is 16.4. The van der Waals surface area contributed by atoms with Gasteiger partial charge in [0, 0.05) is 11.8 Å². The zero-order chi connectivity index (χ0) is 10.5. The number of rotatable bonds is 3. The van der Waals surface area contributed by atoms with E-state index in [1.807, 2.05) is 36.5 Å². The summed E-state index contributed by atoms with van der Waals surface area (Å²) in [5, 5.41) is 15.4. The summed E-state index contributed by atoms with van der Waals surface area (Å²) in [6, 6.07) is 10.1. The van der Waals surface area contributed by atoms with E-state index in [9.17, 15) is 0 Å². The first-order valence-electron chi connectivity index (χ1n) is 4.62. The van der Waals surface area contributed by atoms with Crippen LogP contribution in [0.4, 0.5) is 0 Å². The van der Waals surface area contributed by atoms with Gasteiger partial charge < -0.3 is 5.21 Å². The summed E-state index contributed by atoms with van der Waals surface area (Å²) in [5.74, 6) is 0. The number of hydrogen-bond acceptors (Lipinski definition) is 3. The van der Waals surface area contributed by atoms with Crippen LogP contribution in [-0.4, -0.2) is 21.2 Å². The second-order valence-electron chi connectivity index (χ2n) is 3.20. The van der Waals surface area contributed by atoms with E-state index in [1.54, 1.807) is 10.9 Å². The normalized spacial score (nSPS) is 10.9. The zero-order valence-electron chi connectivity index (χ0n) is 8.11. The molecule has 0 atom stereocenters. The third kappa shape index (κ3) is 2.43. The van der Waals surface area contributed by atoms with Gasteiger partial charge in [-0.15, -0.1) is 0 Å². The first-order chi connectivity index (χ1) is 7.38. The van der Waals surface area contributed by atoms with Crippen LogP contribution in [-0.2, 0) is 6.54 Å². The Kier molecular flexibility index (Phi) is 2.78. The molecule has 0 aliphatic heterocycles. The van der Waals surface area contributed by atoms with Crippen molar-refractivity contribution in [3.05, 3.63) is 53.9 Å². The van der Waals surface area contributed by atoms with Crippen LogP contribution < -0.4 is 0 Å². The minimum atomic E-state index is 0.722. The predicted molar refractivity (Wildman–Crippen MR) is 57.2 cm³/mol. The van der Waals surface area contributed by atoms with Crippen LogP contribution in [0.5, 0.6) is 0 Å². The Hall–Kier alpha value is -2.10. The minimum Gasteiger partial charge on any atom is -0.411 e. The molecule has 2 aromatic rings. The molecule has 0 amide bonds. The Morgan fingerprint density at radius 2 is 2.13 bits per heavy atom. The Morgan fingerprint density at radius 1 is 1.33 bits per heavy atom. The smallest absolute Gasteiger partial charge is 0.0765 e. The summed E-state index contributed by atoms with van der Waals surface area (Å²) in [7, 11) is 0. The van der Waals surface area contributed by atoms with Gasteiger partial charge in [0.1, 0.15) is 0 Å². The van der Waals surface area contributed by atoms with E-state index < -0.39 is 0 Å².